The Labute approximate surface area is 160 Å². The maximum atomic E-state index is 6.25. The van der Waals surface area contributed by atoms with Gasteiger partial charge in [0.1, 0.15) is 5.75 Å². The van der Waals surface area contributed by atoms with Crippen LogP contribution in [-0.4, -0.2) is 10.7 Å². The summed E-state index contributed by atoms with van der Waals surface area (Å²) in [7, 11) is 0. The summed E-state index contributed by atoms with van der Waals surface area (Å²) in [6.45, 7) is 2.10. The molecule has 5 heteroatoms. The van der Waals surface area contributed by atoms with Gasteiger partial charge in [0, 0.05) is 16.5 Å². The molecule has 5 rings (SSSR count). The number of benzene rings is 2. The molecule has 0 fully saturated rings. The molecule has 0 aliphatic carbocycles. The van der Waals surface area contributed by atoms with Gasteiger partial charge in [-0.3, -0.25) is 0 Å². The third-order valence-electron chi connectivity index (χ3n) is 4.92. The van der Waals surface area contributed by atoms with Crippen LogP contribution in [0.15, 0.2) is 74.9 Å². The van der Waals surface area contributed by atoms with Crippen molar-refractivity contribution in [2.75, 3.05) is 0 Å². The Hall–Kier alpha value is -2.53. The zero-order valence-corrected chi connectivity index (χ0v) is 15.8. The second-order valence-corrected chi connectivity index (χ2v) is 7.60. The number of hydrogen-bond donors (Lipinski definition) is 0. The molecular weight excluding hydrogens is 392 g/mol. The van der Waals surface area contributed by atoms with Crippen molar-refractivity contribution in [3.05, 3.63) is 87.8 Å². The maximum absolute atomic E-state index is 6.25. The Morgan fingerprint density at radius 1 is 1.12 bits per heavy atom. The van der Waals surface area contributed by atoms with Crippen molar-refractivity contribution < 1.29 is 9.15 Å². The van der Waals surface area contributed by atoms with Gasteiger partial charge >= 0.3 is 0 Å². The summed E-state index contributed by atoms with van der Waals surface area (Å²) >= 11 is 3.58. The number of ether oxygens (including phenoxy) is 1. The van der Waals surface area contributed by atoms with Crippen molar-refractivity contribution in [3.8, 4) is 5.75 Å². The molecule has 0 N–H and O–H groups in total. The van der Waals surface area contributed by atoms with Crippen molar-refractivity contribution >= 4 is 21.6 Å². The average molecular weight is 409 g/mol. The highest BCUT2D eigenvalue weighted by Gasteiger charge is 2.42. The van der Waals surface area contributed by atoms with Crippen molar-refractivity contribution in [2.24, 2.45) is 5.10 Å². The number of hydrazone groups is 1. The molecule has 0 radical (unpaired) electrons. The van der Waals surface area contributed by atoms with Gasteiger partial charge in [0.05, 0.1) is 18.0 Å². The highest BCUT2D eigenvalue weighted by atomic mass is 79.9. The molecule has 0 spiro atoms. The maximum Gasteiger partial charge on any atom is 0.246 e. The van der Waals surface area contributed by atoms with Gasteiger partial charge in [-0.2, -0.15) is 5.10 Å². The summed E-state index contributed by atoms with van der Waals surface area (Å²) in [5.41, 5.74) is 4.62. The van der Waals surface area contributed by atoms with Crippen molar-refractivity contribution in [2.45, 2.75) is 25.6 Å². The SMILES string of the molecule is Cc1ccc(C2=NN3[C@H](C2)c2cc(Br)ccc2O[C@@H]3c2ccco2)cc1. The molecule has 0 bridgehead atoms. The smallest absolute Gasteiger partial charge is 0.246 e. The molecule has 2 aromatic carbocycles. The van der Waals surface area contributed by atoms with Crippen LogP contribution in [0, 0.1) is 6.92 Å². The van der Waals surface area contributed by atoms with E-state index in [1.54, 1.807) is 6.26 Å². The van der Waals surface area contributed by atoms with Gasteiger partial charge in [-0.1, -0.05) is 45.8 Å². The van der Waals surface area contributed by atoms with Gasteiger partial charge in [-0.05, 0) is 42.8 Å². The van der Waals surface area contributed by atoms with E-state index in [4.69, 9.17) is 14.3 Å². The second-order valence-electron chi connectivity index (χ2n) is 6.68. The molecule has 26 heavy (non-hydrogen) atoms. The molecule has 2 aliphatic heterocycles. The van der Waals surface area contributed by atoms with Gasteiger partial charge in [-0.25, -0.2) is 5.01 Å². The topological polar surface area (TPSA) is 38.0 Å². The first-order valence-electron chi connectivity index (χ1n) is 8.61. The summed E-state index contributed by atoms with van der Waals surface area (Å²) in [5.74, 6) is 1.65. The predicted octanol–water partition coefficient (Wildman–Crippen LogP) is 5.59. The fourth-order valence-corrected chi connectivity index (χ4v) is 3.98. The van der Waals surface area contributed by atoms with Crippen molar-refractivity contribution in [1.29, 1.82) is 0 Å². The largest absolute Gasteiger partial charge is 0.463 e. The van der Waals surface area contributed by atoms with E-state index >= 15 is 0 Å². The standard InChI is InChI=1S/C21H17BrN2O2/c1-13-4-6-14(7-5-13)17-12-18-16-11-15(22)8-9-19(16)26-21(24(18)23-17)20-3-2-10-25-20/h2-11,18,21H,12H2,1H3/t18-,21-/m1/s1. The highest BCUT2D eigenvalue weighted by Crippen LogP contribution is 2.48. The molecule has 0 unspecified atom stereocenters. The van der Waals surface area contributed by atoms with Crippen LogP contribution in [0.4, 0.5) is 0 Å². The lowest BCUT2D eigenvalue weighted by Gasteiger charge is -2.37. The van der Waals surface area contributed by atoms with Crippen LogP contribution in [-0.2, 0) is 0 Å². The summed E-state index contributed by atoms with van der Waals surface area (Å²) in [6, 6.07) is 18.6. The summed E-state index contributed by atoms with van der Waals surface area (Å²) < 4.78 is 12.9. The average Bonchev–Trinajstić information content (AvgIpc) is 3.32. The van der Waals surface area contributed by atoms with Crippen molar-refractivity contribution in [1.82, 2.24) is 5.01 Å². The number of rotatable bonds is 2. The van der Waals surface area contributed by atoms with E-state index in [-0.39, 0.29) is 12.3 Å². The number of halogens is 1. The summed E-state index contributed by atoms with van der Waals surface area (Å²) in [4.78, 5) is 0. The minimum absolute atomic E-state index is 0.127. The summed E-state index contributed by atoms with van der Waals surface area (Å²) in [5, 5.41) is 6.96. The Kier molecular flexibility index (Phi) is 3.64. The minimum atomic E-state index is -0.355. The van der Waals surface area contributed by atoms with E-state index in [0.717, 1.165) is 39.2 Å². The predicted molar refractivity (Wildman–Crippen MR) is 103 cm³/mol. The van der Waals surface area contributed by atoms with Crippen LogP contribution >= 0.6 is 15.9 Å². The van der Waals surface area contributed by atoms with E-state index in [0.29, 0.717) is 0 Å². The van der Waals surface area contributed by atoms with Crippen LogP contribution in [0.5, 0.6) is 5.75 Å². The van der Waals surface area contributed by atoms with E-state index in [2.05, 4.69) is 53.2 Å². The monoisotopic (exact) mass is 408 g/mol. The van der Waals surface area contributed by atoms with Crippen LogP contribution in [0.2, 0.25) is 0 Å². The Balaban J connectivity index is 1.60. The molecule has 4 nitrogen and oxygen atoms in total. The molecule has 3 heterocycles. The van der Waals surface area contributed by atoms with E-state index < -0.39 is 0 Å². The normalized spacial score (nSPS) is 21.0. The Morgan fingerprint density at radius 3 is 2.73 bits per heavy atom. The van der Waals surface area contributed by atoms with Gasteiger partial charge in [0.25, 0.3) is 0 Å². The zero-order valence-electron chi connectivity index (χ0n) is 14.2. The number of fused-ring (bicyclic) bond motifs is 3. The number of furan rings is 1. The zero-order chi connectivity index (χ0) is 17.7. The van der Waals surface area contributed by atoms with Crippen LogP contribution < -0.4 is 4.74 Å². The quantitative estimate of drug-likeness (QED) is 0.554. The molecular formula is C21H17BrN2O2. The van der Waals surface area contributed by atoms with E-state index in [1.165, 1.54) is 5.56 Å². The fraction of sp³-hybridized carbons (Fsp3) is 0.190. The van der Waals surface area contributed by atoms with Gasteiger partial charge in [0.2, 0.25) is 6.23 Å². The Morgan fingerprint density at radius 2 is 1.96 bits per heavy atom. The van der Waals surface area contributed by atoms with Gasteiger partial charge in [0.15, 0.2) is 5.76 Å². The third kappa shape index (κ3) is 2.54. The molecule has 0 amide bonds. The number of nitrogens with zero attached hydrogens (tertiary/aromatic N) is 2. The van der Waals surface area contributed by atoms with E-state index in [9.17, 15) is 0 Å². The third-order valence-corrected chi connectivity index (χ3v) is 5.42. The highest BCUT2D eigenvalue weighted by molar-refractivity contribution is 9.10. The molecule has 0 saturated carbocycles. The molecule has 0 saturated heterocycles. The lowest BCUT2D eigenvalue weighted by Crippen LogP contribution is -2.33. The molecule has 2 atom stereocenters. The summed E-state index contributed by atoms with van der Waals surface area (Å²) in [6.07, 6.45) is 2.16. The Bertz CT molecular complexity index is 980. The van der Waals surface area contributed by atoms with E-state index in [1.807, 2.05) is 29.3 Å². The van der Waals surface area contributed by atoms with Crippen LogP contribution in [0.1, 0.15) is 41.1 Å². The van der Waals surface area contributed by atoms with Crippen molar-refractivity contribution in [3.63, 3.8) is 0 Å². The van der Waals surface area contributed by atoms with Crippen LogP contribution in [0.25, 0.3) is 0 Å². The minimum Gasteiger partial charge on any atom is -0.463 e. The fourth-order valence-electron chi connectivity index (χ4n) is 3.60. The molecule has 130 valence electrons. The lowest BCUT2D eigenvalue weighted by molar-refractivity contribution is -0.0325. The van der Waals surface area contributed by atoms with Crippen LogP contribution in [0.3, 0.4) is 0 Å². The first-order chi connectivity index (χ1) is 12.7. The second kappa shape index (κ2) is 6.02. The molecule has 2 aliphatic rings. The van der Waals surface area contributed by atoms with Gasteiger partial charge in [-0.15, -0.1) is 0 Å². The molecule has 1 aromatic heterocycles. The number of hydrogen-bond acceptors (Lipinski definition) is 4. The molecule has 3 aromatic rings. The first-order valence-corrected chi connectivity index (χ1v) is 9.41. The lowest BCUT2D eigenvalue weighted by atomic mass is 9.96. The first kappa shape index (κ1) is 15.7. The number of aryl methyl sites for hydroxylation is 1. The van der Waals surface area contributed by atoms with Gasteiger partial charge < -0.3 is 9.15 Å².